The first kappa shape index (κ1) is 25.4. The number of ether oxygens (including phenoxy) is 1. The highest BCUT2D eigenvalue weighted by Gasteiger charge is 2.31. The maximum Gasteiger partial charge on any atom is 0.413 e. The summed E-state index contributed by atoms with van der Waals surface area (Å²) in [6.07, 6.45) is -0.883. The van der Waals surface area contributed by atoms with E-state index in [-0.39, 0.29) is 29.3 Å². The lowest BCUT2D eigenvalue weighted by molar-refractivity contribution is -0.122. The molecule has 1 heterocycles. The fourth-order valence-electron chi connectivity index (χ4n) is 3.68. The van der Waals surface area contributed by atoms with Crippen molar-refractivity contribution >= 4 is 17.8 Å². The van der Waals surface area contributed by atoms with Crippen LogP contribution in [0.3, 0.4) is 0 Å². The molecule has 35 heavy (non-hydrogen) atoms. The van der Waals surface area contributed by atoms with Gasteiger partial charge >= 0.3 is 6.09 Å². The lowest BCUT2D eigenvalue weighted by Crippen LogP contribution is -2.46. The number of aromatic hydroxyl groups is 2. The number of para-hydroxylation sites is 1. The van der Waals surface area contributed by atoms with Crippen molar-refractivity contribution in [3.63, 3.8) is 0 Å². The van der Waals surface area contributed by atoms with Gasteiger partial charge in [0, 0.05) is 5.56 Å². The van der Waals surface area contributed by atoms with Crippen LogP contribution < -0.4 is 15.4 Å². The predicted molar refractivity (Wildman–Crippen MR) is 129 cm³/mol. The summed E-state index contributed by atoms with van der Waals surface area (Å²) in [7, 11) is 0. The number of aromatic amines is 1. The van der Waals surface area contributed by atoms with Crippen LogP contribution in [0.5, 0.6) is 17.5 Å². The Kier molecular flexibility index (Phi) is 8.14. The molecule has 0 aliphatic rings. The molecule has 9 heteroatoms. The van der Waals surface area contributed by atoms with E-state index in [0.717, 1.165) is 0 Å². The molecule has 184 valence electrons. The van der Waals surface area contributed by atoms with Crippen LogP contribution in [0.2, 0.25) is 0 Å². The number of carbonyl (C=O) groups is 3. The van der Waals surface area contributed by atoms with E-state index in [0.29, 0.717) is 11.3 Å². The summed E-state index contributed by atoms with van der Waals surface area (Å²) in [5.74, 6) is -1.75. The van der Waals surface area contributed by atoms with Gasteiger partial charge in [0.2, 0.25) is 11.8 Å². The van der Waals surface area contributed by atoms with Crippen LogP contribution in [0.15, 0.2) is 60.7 Å². The molecule has 2 aromatic carbocycles. The first-order valence-corrected chi connectivity index (χ1v) is 11.2. The molecule has 0 saturated carbocycles. The van der Waals surface area contributed by atoms with Crippen LogP contribution in [0, 0.1) is 12.8 Å². The van der Waals surface area contributed by atoms with Gasteiger partial charge in [0.25, 0.3) is 0 Å². The second-order valence-electron chi connectivity index (χ2n) is 8.49. The molecule has 2 amide bonds. The minimum atomic E-state index is -0.963. The highest BCUT2D eigenvalue weighted by Crippen LogP contribution is 2.30. The van der Waals surface area contributed by atoms with E-state index in [2.05, 4.69) is 15.6 Å². The quantitative estimate of drug-likeness (QED) is 0.294. The standard InChI is InChI=1S/C26H29N3O6/c1-15(2)22(23(31)21-16(3)24(32)29-25(21)33)28-20(30)14-19(17-10-6-4-7-11-17)27-26(34)35-18-12-8-5-9-13-18/h4-13,15,19,22,29,32-33H,14H2,1-3H3,(H,27,34)(H,28,30)/t19?,22-/m0/s1. The van der Waals surface area contributed by atoms with E-state index in [4.69, 9.17) is 4.74 Å². The number of benzene rings is 2. The second-order valence-corrected chi connectivity index (χ2v) is 8.49. The first-order valence-electron chi connectivity index (χ1n) is 11.2. The highest BCUT2D eigenvalue weighted by atomic mass is 16.6. The van der Waals surface area contributed by atoms with E-state index in [1.54, 1.807) is 68.4 Å². The number of hydrogen-bond donors (Lipinski definition) is 5. The molecule has 0 bridgehead atoms. The molecule has 0 fully saturated rings. The van der Waals surface area contributed by atoms with Crippen molar-refractivity contribution in [2.45, 2.75) is 39.3 Å². The number of Topliss-reactive ketones (excluding diaryl/α,β-unsaturated/α-hetero) is 1. The zero-order valence-electron chi connectivity index (χ0n) is 19.7. The number of nitrogens with one attached hydrogen (secondary N) is 3. The Morgan fingerprint density at radius 2 is 1.51 bits per heavy atom. The summed E-state index contributed by atoms with van der Waals surface area (Å²) in [4.78, 5) is 41.0. The molecule has 0 saturated heterocycles. The maximum atomic E-state index is 13.1. The van der Waals surface area contributed by atoms with E-state index in [1.807, 2.05) is 6.07 Å². The van der Waals surface area contributed by atoms with Gasteiger partial charge in [0.15, 0.2) is 11.7 Å². The topological polar surface area (TPSA) is 141 Å². The molecule has 0 spiro atoms. The molecular formula is C26H29N3O6. The van der Waals surface area contributed by atoms with Crippen LogP contribution in [0.4, 0.5) is 4.79 Å². The Balaban J connectivity index is 1.75. The predicted octanol–water partition coefficient (Wildman–Crippen LogP) is 3.98. The molecule has 1 aromatic heterocycles. The minimum absolute atomic E-state index is 0.0781. The number of rotatable bonds is 9. The molecular weight excluding hydrogens is 450 g/mol. The minimum Gasteiger partial charge on any atom is -0.494 e. The van der Waals surface area contributed by atoms with Crippen molar-refractivity contribution in [2.24, 2.45) is 5.92 Å². The summed E-state index contributed by atoms with van der Waals surface area (Å²) in [6.45, 7) is 5.00. The number of ketones is 1. The lowest BCUT2D eigenvalue weighted by atomic mass is 9.93. The van der Waals surface area contributed by atoms with E-state index in [1.165, 1.54) is 6.92 Å². The molecule has 3 rings (SSSR count). The molecule has 2 atom stereocenters. The van der Waals surface area contributed by atoms with Crippen LogP contribution in [0.1, 0.15) is 47.8 Å². The number of carbonyl (C=O) groups excluding carboxylic acids is 3. The summed E-state index contributed by atoms with van der Waals surface area (Å²) >= 11 is 0. The first-order chi connectivity index (χ1) is 16.7. The molecule has 1 unspecified atom stereocenters. The molecule has 0 aliphatic carbocycles. The van der Waals surface area contributed by atoms with Crippen LogP contribution >= 0.6 is 0 Å². The third-order valence-electron chi connectivity index (χ3n) is 5.55. The van der Waals surface area contributed by atoms with Crippen molar-refractivity contribution in [1.29, 1.82) is 0 Å². The Morgan fingerprint density at radius 3 is 2.06 bits per heavy atom. The Bertz CT molecular complexity index is 1170. The van der Waals surface area contributed by atoms with Gasteiger partial charge in [-0.3, -0.25) is 14.6 Å². The van der Waals surface area contributed by atoms with Gasteiger partial charge in [0.1, 0.15) is 5.75 Å². The summed E-state index contributed by atoms with van der Waals surface area (Å²) < 4.78 is 5.30. The van der Waals surface area contributed by atoms with Gasteiger partial charge in [0.05, 0.1) is 24.1 Å². The van der Waals surface area contributed by atoms with Crippen molar-refractivity contribution in [3.05, 3.63) is 77.4 Å². The van der Waals surface area contributed by atoms with Crippen LogP contribution in [-0.4, -0.2) is 39.0 Å². The summed E-state index contributed by atoms with van der Waals surface area (Å²) in [5.41, 5.74) is 0.801. The zero-order chi connectivity index (χ0) is 25.5. The summed E-state index contributed by atoms with van der Waals surface area (Å²) in [5, 5.41) is 25.3. The SMILES string of the molecule is Cc1c(O)[nH]c(O)c1C(=O)[C@@H](NC(=O)CC(NC(=O)Oc1ccccc1)c1ccccc1)C(C)C. The van der Waals surface area contributed by atoms with Gasteiger partial charge in [-0.2, -0.15) is 0 Å². The van der Waals surface area contributed by atoms with Crippen molar-refractivity contribution in [3.8, 4) is 17.5 Å². The third kappa shape index (κ3) is 6.41. The summed E-state index contributed by atoms with van der Waals surface area (Å²) in [6, 6.07) is 15.8. The molecule has 3 aromatic rings. The monoisotopic (exact) mass is 479 g/mol. The van der Waals surface area contributed by atoms with E-state index >= 15 is 0 Å². The van der Waals surface area contributed by atoms with Gasteiger partial charge in [-0.05, 0) is 30.5 Å². The van der Waals surface area contributed by atoms with Crippen molar-refractivity contribution in [2.75, 3.05) is 0 Å². The van der Waals surface area contributed by atoms with Crippen molar-refractivity contribution in [1.82, 2.24) is 15.6 Å². The molecule has 9 nitrogen and oxygen atoms in total. The Morgan fingerprint density at radius 1 is 0.914 bits per heavy atom. The normalized spacial score (nSPS) is 12.6. The van der Waals surface area contributed by atoms with Gasteiger partial charge in [-0.25, -0.2) is 4.79 Å². The van der Waals surface area contributed by atoms with Gasteiger partial charge in [-0.1, -0.05) is 62.4 Å². The van der Waals surface area contributed by atoms with Gasteiger partial charge < -0.3 is 25.6 Å². The Hall–Kier alpha value is -4.27. The number of aromatic nitrogens is 1. The van der Waals surface area contributed by atoms with Crippen LogP contribution in [-0.2, 0) is 4.79 Å². The average Bonchev–Trinajstić information content (AvgIpc) is 3.08. The second kappa shape index (κ2) is 11.2. The number of amides is 2. The smallest absolute Gasteiger partial charge is 0.413 e. The van der Waals surface area contributed by atoms with Crippen LogP contribution in [0.25, 0.3) is 0 Å². The maximum absolute atomic E-state index is 13.1. The number of hydrogen-bond acceptors (Lipinski definition) is 6. The van der Waals surface area contributed by atoms with Gasteiger partial charge in [-0.15, -0.1) is 0 Å². The fourth-order valence-corrected chi connectivity index (χ4v) is 3.68. The Labute approximate surface area is 203 Å². The van der Waals surface area contributed by atoms with Crippen molar-refractivity contribution < 1.29 is 29.3 Å². The molecule has 5 N–H and O–H groups in total. The largest absolute Gasteiger partial charge is 0.494 e. The van der Waals surface area contributed by atoms with E-state index in [9.17, 15) is 24.6 Å². The third-order valence-corrected chi connectivity index (χ3v) is 5.55. The highest BCUT2D eigenvalue weighted by molar-refractivity contribution is 6.05. The number of H-pyrrole nitrogens is 1. The van der Waals surface area contributed by atoms with E-state index < -0.39 is 35.7 Å². The zero-order valence-corrected chi connectivity index (χ0v) is 19.7. The molecule has 0 aliphatic heterocycles. The average molecular weight is 480 g/mol. The lowest BCUT2D eigenvalue weighted by Gasteiger charge is -2.24. The fraction of sp³-hybridized carbons (Fsp3) is 0.269. The molecule has 0 radical (unpaired) electrons.